The van der Waals surface area contributed by atoms with Gasteiger partial charge in [-0.05, 0) is 29.8 Å². The van der Waals surface area contributed by atoms with Crippen LogP contribution in [0.25, 0.3) is 22.4 Å². The molecule has 3 aromatic rings. The number of nitrogens with zero attached hydrogens (tertiary/aromatic N) is 2. The molecule has 0 bridgehead atoms. The van der Waals surface area contributed by atoms with Gasteiger partial charge < -0.3 is 5.73 Å². The van der Waals surface area contributed by atoms with E-state index < -0.39 is 0 Å². The zero-order chi connectivity index (χ0) is 15.0. The third-order valence-electron chi connectivity index (χ3n) is 3.30. The minimum atomic E-state index is -0.360. The average molecular weight is 285 g/mol. The number of hydrogen-bond acceptors (Lipinski definition) is 2. The van der Waals surface area contributed by atoms with Crippen molar-refractivity contribution < 1.29 is 8.78 Å². The first kappa shape index (κ1) is 13.3. The monoisotopic (exact) mass is 285 g/mol. The van der Waals surface area contributed by atoms with Gasteiger partial charge in [-0.2, -0.15) is 5.10 Å². The standard InChI is InChI=1S/C16H13F2N3/c1-21-16(19)14(10-4-2-6-12(17)8-10)15(20-21)11-5-3-7-13(18)9-11/h2-9H,19H2,1H3. The largest absolute Gasteiger partial charge is 0.383 e. The fraction of sp³-hybridized carbons (Fsp3) is 0.0625. The minimum absolute atomic E-state index is 0.359. The SMILES string of the molecule is Cn1nc(-c2cccc(F)c2)c(-c2cccc(F)c2)c1N. The van der Waals surface area contributed by atoms with Crippen LogP contribution >= 0.6 is 0 Å². The number of nitrogens with two attached hydrogens (primary N) is 1. The number of anilines is 1. The predicted octanol–water partition coefficient (Wildman–Crippen LogP) is 3.61. The summed E-state index contributed by atoms with van der Waals surface area (Å²) in [6.07, 6.45) is 0. The smallest absolute Gasteiger partial charge is 0.129 e. The summed E-state index contributed by atoms with van der Waals surface area (Å²) in [7, 11) is 1.70. The van der Waals surface area contributed by atoms with E-state index in [9.17, 15) is 8.78 Å². The topological polar surface area (TPSA) is 43.8 Å². The summed E-state index contributed by atoms with van der Waals surface area (Å²) in [5, 5.41) is 4.33. The summed E-state index contributed by atoms with van der Waals surface area (Å²) in [6, 6.07) is 12.2. The van der Waals surface area contributed by atoms with Crippen molar-refractivity contribution in [2.75, 3.05) is 5.73 Å². The van der Waals surface area contributed by atoms with Gasteiger partial charge in [0.15, 0.2) is 0 Å². The fourth-order valence-electron chi connectivity index (χ4n) is 2.30. The molecule has 0 aliphatic heterocycles. The summed E-state index contributed by atoms with van der Waals surface area (Å²) >= 11 is 0. The van der Waals surface area contributed by atoms with Gasteiger partial charge in [-0.25, -0.2) is 8.78 Å². The summed E-state index contributed by atoms with van der Waals surface area (Å²) in [5.74, 6) is -0.317. The lowest BCUT2D eigenvalue weighted by Crippen LogP contribution is -1.98. The molecule has 0 fully saturated rings. The third kappa shape index (κ3) is 2.38. The van der Waals surface area contributed by atoms with Crippen molar-refractivity contribution in [1.29, 1.82) is 0 Å². The molecule has 3 nitrogen and oxygen atoms in total. The Morgan fingerprint density at radius 2 is 1.52 bits per heavy atom. The van der Waals surface area contributed by atoms with Gasteiger partial charge >= 0.3 is 0 Å². The van der Waals surface area contributed by atoms with E-state index in [1.54, 1.807) is 31.3 Å². The minimum Gasteiger partial charge on any atom is -0.383 e. The Morgan fingerprint density at radius 1 is 0.952 bits per heavy atom. The van der Waals surface area contributed by atoms with Crippen LogP contribution in [0, 0.1) is 11.6 Å². The Hall–Kier alpha value is -2.69. The molecule has 1 heterocycles. The zero-order valence-corrected chi connectivity index (χ0v) is 11.3. The molecule has 106 valence electrons. The molecule has 0 aliphatic rings. The van der Waals surface area contributed by atoms with Crippen LogP contribution in [-0.4, -0.2) is 9.78 Å². The molecule has 0 atom stereocenters. The van der Waals surface area contributed by atoms with Gasteiger partial charge in [0.1, 0.15) is 23.1 Å². The highest BCUT2D eigenvalue weighted by Gasteiger charge is 2.18. The second-order valence-electron chi connectivity index (χ2n) is 4.75. The Morgan fingerprint density at radius 3 is 2.14 bits per heavy atom. The third-order valence-corrected chi connectivity index (χ3v) is 3.30. The molecular weight excluding hydrogens is 272 g/mol. The van der Waals surface area contributed by atoms with Crippen LogP contribution in [0.3, 0.4) is 0 Å². The van der Waals surface area contributed by atoms with E-state index in [1.807, 2.05) is 0 Å². The Balaban J connectivity index is 2.25. The van der Waals surface area contributed by atoms with Crippen molar-refractivity contribution in [2.24, 2.45) is 7.05 Å². The van der Waals surface area contributed by atoms with Gasteiger partial charge in [-0.15, -0.1) is 0 Å². The summed E-state index contributed by atoms with van der Waals surface area (Å²) < 4.78 is 28.4. The van der Waals surface area contributed by atoms with Crippen molar-refractivity contribution in [1.82, 2.24) is 9.78 Å². The number of aryl methyl sites for hydroxylation is 1. The Bertz CT molecular complexity index is 809. The van der Waals surface area contributed by atoms with Crippen molar-refractivity contribution in [3.8, 4) is 22.4 Å². The molecule has 21 heavy (non-hydrogen) atoms. The number of halogens is 2. The lowest BCUT2D eigenvalue weighted by atomic mass is 10.0. The quantitative estimate of drug-likeness (QED) is 0.781. The van der Waals surface area contributed by atoms with E-state index in [0.29, 0.717) is 28.2 Å². The highest BCUT2D eigenvalue weighted by molar-refractivity contribution is 5.88. The van der Waals surface area contributed by atoms with E-state index in [2.05, 4.69) is 5.10 Å². The first-order valence-electron chi connectivity index (χ1n) is 6.40. The predicted molar refractivity (Wildman–Crippen MR) is 78.4 cm³/mol. The number of benzene rings is 2. The van der Waals surface area contributed by atoms with Crippen LogP contribution in [0.2, 0.25) is 0 Å². The van der Waals surface area contributed by atoms with Crippen molar-refractivity contribution in [2.45, 2.75) is 0 Å². The van der Waals surface area contributed by atoms with Crippen LogP contribution in [0.1, 0.15) is 0 Å². The molecule has 2 N–H and O–H groups in total. The molecule has 0 aliphatic carbocycles. The lowest BCUT2D eigenvalue weighted by Gasteiger charge is -2.05. The summed E-state index contributed by atoms with van der Waals surface area (Å²) in [6.45, 7) is 0. The van der Waals surface area contributed by atoms with E-state index in [1.165, 1.54) is 28.9 Å². The maximum atomic E-state index is 13.5. The van der Waals surface area contributed by atoms with Crippen LogP contribution in [-0.2, 0) is 7.05 Å². The van der Waals surface area contributed by atoms with Crippen molar-refractivity contribution >= 4 is 5.82 Å². The van der Waals surface area contributed by atoms with Gasteiger partial charge in [0.2, 0.25) is 0 Å². The van der Waals surface area contributed by atoms with Crippen molar-refractivity contribution in [3.05, 3.63) is 60.2 Å². The summed E-state index contributed by atoms with van der Waals surface area (Å²) in [4.78, 5) is 0. The molecule has 0 spiro atoms. The van der Waals surface area contributed by atoms with E-state index in [-0.39, 0.29) is 11.6 Å². The van der Waals surface area contributed by atoms with E-state index >= 15 is 0 Å². The lowest BCUT2D eigenvalue weighted by molar-refractivity contribution is 0.627. The van der Waals surface area contributed by atoms with E-state index in [0.717, 1.165) is 0 Å². The maximum absolute atomic E-state index is 13.5. The van der Waals surface area contributed by atoms with Crippen LogP contribution in [0.5, 0.6) is 0 Å². The number of rotatable bonds is 2. The second kappa shape index (κ2) is 5.01. The highest BCUT2D eigenvalue weighted by Crippen LogP contribution is 2.36. The molecule has 5 heteroatoms. The zero-order valence-electron chi connectivity index (χ0n) is 11.3. The second-order valence-corrected chi connectivity index (χ2v) is 4.75. The van der Waals surface area contributed by atoms with Gasteiger partial charge in [0, 0.05) is 12.6 Å². The van der Waals surface area contributed by atoms with Gasteiger partial charge in [0.25, 0.3) is 0 Å². The number of hydrogen-bond donors (Lipinski definition) is 1. The first-order chi connectivity index (χ1) is 10.1. The molecule has 0 saturated heterocycles. The van der Waals surface area contributed by atoms with Gasteiger partial charge in [-0.1, -0.05) is 24.3 Å². The maximum Gasteiger partial charge on any atom is 0.129 e. The Labute approximate surface area is 120 Å². The average Bonchev–Trinajstić information content (AvgIpc) is 2.75. The van der Waals surface area contributed by atoms with Gasteiger partial charge in [-0.3, -0.25) is 4.68 Å². The summed E-state index contributed by atoms with van der Waals surface area (Å²) in [5.41, 5.74) is 8.38. The molecule has 2 aromatic carbocycles. The number of nitrogen functional groups attached to an aromatic ring is 1. The molecule has 3 rings (SSSR count). The fourth-order valence-corrected chi connectivity index (χ4v) is 2.30. The molecule has 0 radical (unpaired) electrons. The van der Waals surface area contributed by atoms with Crippen LogP contribution in [0.4, 0.5) is 14.6 Å². The normalized spacial score (nSPS) is 10.8. The van der Waals surface area contributed by atoms with Crippen LogP contribution < -0.4 is 5.73 Å². The Kier molecular flexibility index (Phi) is 3.17. The molecule has 0 amide bonds. The van der Waals surface area contributed by atoms with Gasteiger partial charge in [0.05, 0.1) is 5.56 Å². The van der Waals surface area contributed by atoms with Crippen molar-refractivity contribution in [3.63, 3.8) is 0 Å². The van der Waals surface area contributed by atoms with Crippen LogP contribution in [0.15, 0.2) is 48.5 Å². The highest BCUT2D eigenvalue weighted by atomic mass is 19.1. The molecule has 0 saturated carbocycles. The molecule has 1 aromatic heterocycles. The van der Waals surface area contributed by atoms with E-state index in [4.69, 9.17) is 5.73 Å². The molecular formula is C16H13F2N3. The first-order valence-corrected chi connectivity index (χ1v) is 6.40. The number of aromatic nitrogens is 2. The molecule has 0 unspecified atom stereocenters.